The van der Waals surface area contributed by atoms with Gasteiger partial charge in [0, 0.05) is 24.0 Å². The molecule has 1 atom stereocenters. The molecule has 19 heavy (non-hydrogen) atoms. The number of hydrogen-bond donors (Lipinski definition) is 1. The van der Waals surface area contributed by atoms with Crippen LogP contribution in [0.15, 0.2) is 18.7 Å². The zero-order valence-electron chi connectivity index (χ0n) is 12.5. The maximum Gasteiger partial charge on any atom is 0.115 e. The van der Waals surface area contributed by atoms with Gasteiger partial charge in [0.15, 0.2) is 0 Å². The fraction of sp³-hybridized carbons (Fsp3) is 0.750. The molecular weight excluding hydrogens is 234 g/mol. The largest absolute Gasteiger partial charge is 0.310 e. The summed E-state index contributed by atoms with van der Waals surface area (Å²) in [6.07, 6.45) is 12.0. The molecule has 0 bridgehead atoms. The molecule has 1 saturated carbocycles. The summed E-state index contributed by atoms with van der Waals surface area (Å²) in [4.78, 5) is 8.37. The predicted molar refractivity (Wildman–Crippen MR) is 78.8 cm³/mol. The maximum absolute atomic E-state index is 4.19. The van der Waals surface area contributed by atoms with E-state index in [9.17, 15) is 0 Å². The van der Waals surface area contributed by atoms with Crippen LogP contribution in [0.4, 0.5) is 0 Å². The molecule has 1 heterocycles. The second-order valence-corrected chi connectivity index (χ2v) is 6.61. The molecule has 0 radical (unpaired) electrons. The lowest BCUT2D eigenvalue weighted by molar-refractivity contribution is 0.161. The van der Waals surface area contributed by atoms with Crippen molar-refractivity contribution in [2.45, 2.75) is 58.9 Å². The van der Waals surface area contributed by atoms with Crippen LogP contribution >= 0.6 is 0 Å². The molecule has 1 aliphatic rings. The molecule has 0 aliphatic heterocycles. The van der Waals surface area contributed by atoms with Crippen molar-refractivity contribution in [3.63, 3.8) is 0 Å². The molecule has 1 N–H and O–H groups in total. The SMILES string of the molecule is CCCNC(c1cncnc1)C1CCC(C)(C)CC1. The van der Waals surface area contributed by atoms with Crippen LogP contribution in [0, 0.1) is 11.3 Å². The Kier molecular flexibility index (Phi) is 4.92. The summed E-state index contributed by atoms with van der Waals surface area (Å²) in [5.74, 6) is 0.727. The molecule has 3 nitrogen and oxygen atoms in total. The van der Waals surface area contributed by atoms with Gasteiger partial charge in [-0.05, 0) is 50.0 Å². The molecule has 106 valence electrons. The van der Waals surface area contributed by atoms with Crippen LogP contribution in [0.1, 0.15) is 64.5 Å². The molecule has 2 rings (SSSR count). The van der Waals surface area contributed by atoms with Gasteiger partial charge in [-0.15, -0.1) is 0 Å². The second-order valence-electron chi connectivity index (χ2n) is 6.61. The summed E-state index contributed by atoms with van der Waals surface area (Å²) in [5, 5.41) is 3.70. The second kappa shape index (κ2) is 6.47. The highest BCUT2D eigenvalue weighted by atomic mass is 14.9. The van der Waals surface area contributed by atoms with Gasteiger partial charge >= 0.3 is 0 Å². The molecule has 1 fully saturated rings. The first-order valence-corrected chi connectivity index (χ1v) is 7.61. The molecule has 1 unspecified atom stereocenters. The fourth-order valence-electron chi connectivity index (χ4n) is 3.08. The first-order valence-electron chi connectivity index (χ1n) is 7.61. The van der Waals surface area contributed by atoms with Crippen LogP contribution in [-0.4, -0.2) is 16.5 Å². The molecule has 1 aromatic rings. The highest BCUT2D eigenvalue weighted by Crippen LogP contribution is 2.42. The van der Waals surface area contributed by atoms with Crippen molar-refractivity contribution in [1.82, 2.24) is 15.3 Å². The summed E-state index contributed by atoms with van der Waals surface area (Å²) in [6.45, 7) is 8.07. The van der Waals surface area contributed by atoms with Crippen LogP contribution in [0.2, 0.25) is 0 Å². The monoisotopic (exact) mass is 261 g/mol. The van der Waals surface area contributed by atoms with Gasteiger partial charge in [-0.1, -0.05) is 20.8 Å². The van der Waals surface area contributed by atoms with Gasteiger partial charge in [-0.25, -0.2) is 9.97 Å². The molecule has 1 aliphatic carbocycles. The van der Waals surface area contributed by atoms with E-state index in [1.54, 1.807) is 6.33 Å². The van der Waals surface area contributed by atoms with Crippen molar-refractivity contribution in [2.24, 2.45) is 11.3 Å². The van der Waals surface area contributed by atoms with E-state index >= 15 is 0 Å². The van der Waals surface area contributed by atoms with Crippen molar-refractivity contribution in [3.8, 4) is 0 Å². The van der Waals surface area contributed by atoms with Gasteiger partial charge in [-0.3, -0.25) is 0 Å². The number of rotatable bonds is 5. The Morgan fingerprint density at radius 1 is 1.26 bits per heavy atom. The lowest BCUT2D eigenvalue weighted by Crippen LogP contribution is -2.33. The zero-order chi connectivity index (χ0) is 13.7. The molecular formula is C16H27N3. The molecule has 0 amide bonds. The Labute approximate surface area is 117 Å². The zero-order valence-corrected chi connectivity index (χ0v) is 12.5. The van der Waals surface area contributed by atoms with Gasteiger partial charge < -0.3 is 5.32 Å². The van der Waals surface area contributed by atoms with E-state index in [-0.39, 0.29) is 0 Å². The molecule has 1 aromatic heterocycles. The van der Waals surface area contributed by atoms with Crippen LogP contribution in [0.25, 0.3) is 0 Å². The standard InChI is InChI=1S/C16H27N3/c1-4-9-19-15(14-10-17-12-18-11-14)13-5-7-16(2,3)8-6-13/h10-13,15,19H,4-9H2,1-3H3. The van der Waals surface area contributed by atoms with E-state index in [4.69, 9.17) is 0 Å². The van der Waals surface area contributed by atoms with E-state index in [1.165, 1.54) is 37.7 Å². The van der Waals surface area contributed by atoms with Crippen LogP contribution < -0.4 is 5.32 Å². The molecule has 0 aromatic carbocycles. The Hall–Kier alpha value is -0.960. The van der Waals surface area contributed by atoms with Gasteiger partial charge in [0.05, 0.1) is 0 Å². The number of nitrogens with zero attached hydrogens (tertiary/aromatic N) is 2. The smallest absolute Gasteiger partial charge is 0.115 e. The Morgan fingerprint density at radius 2 is 1.89 bits per heavy atom. The number of hydrogen-bond acceptors (Lipinski definition) is 3. The van der Waals surface area contributed by atoms with E-state index < -0.39 is 0 Å². The van der Waals surface area contributed by atoms with Crippen LogP contribution in [0.5, 0.6) is 0 Å². The van der Waals surface area contributed by atoms with Crippen molar-refractivity contribution in [2.75, 3.05) is 6.54 Å². The van der Waals surface area contributed by atoms with E-state index in [0.717, 1.165) is 12.5 Å². The third-order valence-electron chi connectivity index (χ3n) is 4.41. The summed E-state index contributed by atoms with van der Waals surface area (Å²) in [7, 11) is 0. The van der Waals surface area contributed by atoms with Crippen molar-refractivity contribution >= 4 is 0 Å². The van der Waals surface area contributed by atoms with Crippen LogP contribution in [0.3, 0.4) is 0 Å². The summed E-state index contributed by atoms with van der Waals surface area (Å²) >= 11 is 0. The minimum Gasteiger partial charge on any atom is -0.310 e. The van der Waals surface area contributed by atoms with Crippen LogP contribution in [-0.2, 0) is 0 Å². The van der Waals surface area contributed by atoms with Gasteiger partial charge in [0.1, 0.15) is 6.33 Å². The van der Waals surface area contributed by atoms with Gasteiger partial charge in [0.2, 0.25) is 0 Å². The summed E-state index contributed by atoms with van der Waals surface area (Å²) in [5.41, 5.74) is 1.78. The topological polar surface area (TPSA) is 37.8 Å². The lowest BCUT2D eigenvalue weighted by Gasteiger charge is -2.38. The average Bonchev–Trinajstić information content (AvgIpc) is 2.42. The van der Waals surface area contributed by atoms with E-state index in [1.807, 2.05) is 12.4 Å². The highest BCUT2D eigenvalue weighted by molar-refractivity contribution is 5.11. The molecule has 3 heteroatoms. The fourth-order valence-corrected chi connectivity index (χ4v) is 3.08. The third kappa shape index (κ3) is 4.00. The Balaban J connectivity index is 2.06. The first-order chi connectivity index (χ1) is 9.12. The van der Waals surface area contributed by atoms with Crippen molar-refractivity contribution in [1.29, 1.82) is 0 Å². The van der Waals surface area contributed by atoms with Gasteiger partial charge in [-0.2, -0.15) is 0 Å². The quantitative estimate of drug-likeness (QED) is 0.877. The van der Waals surface area contributed by atoms with Gasteiger partial charge in [0.25, 0.3) is 0 Å². The summed E-state index contributed by atoms with van der Waals surface area (Å²) in [6, 6.07) is 0.428. The number of aromatic nitrogens is 2. The minimum absolute atomic E-state index is 0.428. The highest BCUT2D eigenvalue weighted by Gasteiger charge is 2.31. The third-order valence-corrected chi connectivity index (χ3v) is 4.41. The first kappa shape index (κ1) is 14.4. The molecule has 0 saturated heterocycles. The molecule has 0 spiro atoms. The van der Waals surface area contributed by atoms with E-state index in [2.05, 4.69) is 36.1 Å². The predicted octanol–water partition coefficient (Wildman–Crippen LogP) is 3.73. The Bertz CT molecular complexity index is 365. The van der Waals surface area contributed by atoms with Crippen molar-refractivity contribution < 1.29 is 0 Å². The summed E-state index contributed by atoms with van der Waals surface area (Å²) < 4.78 is 0. The van der Waals surface area contributed by atoms with E-state index in [0.29, 0.717) is 11.5 Å². The lowest BCUT2D eigenvalue weighted by atomic mass is 9.70. The normalized spacial score (nSPS) is 21.2. The number of nitrogens with one attached hydrogen (secondary N) is 1. The van der Waals surface area contributed by atoms with Crippen molar-refractivity contribution in [3.05, 3.63) is 24.3 Å². The Morgan fingerprint density at radius 3 is 2.47 bits per heavy atom. The average molecular weight is 261 g/mol. The minimum atomic E-state index is 0.428. The maximum atomic E-state index is 4.19.